The maximum Gasteiger partial charge on any atom is 0.160 e. The minimum Gasteiger partial charge on any atom is -0.249 e. The molecule has 3 aromatic rings. The maximum absolute atomic E-state index is 4.55. The van der Waals surface area contributed by atoms with Crippen LogP contribution in [0.4, 0.5) is 0 Å². The first-order chi connectivity index (χ1) is 10.8. The molecule has 0 fully saturated rings. The second-order valence-corrected chi connectivity index (χ2v) is 4.75. The summed E-state index contributed by atoms with van der Waals surface area (Å²) in [7, 11) is 0. The maximum atomic E-state index is 4.55. The summed E-state index contributed by atoms with van der Waals surface area (Å²) in [6.07, 6.45) is 7.30. The van der Waals surface area contributed by atoms with Gasteiger partial charge in [0.2, 0.25) is 0 Å². The molecule has 0 bridgehead atoms. The Balaban J connectivity index is 1.93. The van der Waals surface area contributed by atoms with Crippen LogP contribution in [0.15, 0.2) is 55.6 Å². The molecule has 0 aliphatic rings. The van der Waals surface area contributed by atoms with E-state index in [9.17, 15) is 0 Å². The van der Waals surface area contributed by atoms with E-state index in [4.69, 9.17) is 0 Å². The molecule has 0 radical (unpaired) electrons. The zero-order valence-electron chi connectivity index (χ0n) is 12.1. The van der Waals surface area contributed by atoms with Crippen molar-refractivity contribution < 1.29 is 0 Å². The molecule has 0 aliphatic carbocycles. The number of aromatic nitrogens is 3. The van der Waals surface area contributed by atoms with Crippen LogP contribution in [-0.2, 0) is 0 Å². The smallest absolute Gasteiger partial charge is 0.160 e. The van der Waals surface area contributed by atoms with Crippen molar-refractivity contribution in [3.8, 4) is 0 Å². The van der Waals surface area contributed by atoms with Gasteiger partial charge in [-0.2, -0.15) is 0 Å². The van der Waals surface area contributed by atoms with Crippen molar-refractivity contribution >= 4 is 35.3 Å². The predicted molar refractivity (Wildman–Crippen MR) is 92.9 cm³/mol. The molecule has 0 aliphatic heterocycles. The van der Waals surface area contributed by atoms with Gasteiger partial charge in [0.05, 0.1) is 22.8 Å². The first-order valence-corrected chi connectivity index (χ1v) is 6.96. The molecular weight excluding hydrogens is 270 g/mol. The highest BCUT2D eigenvalue weighted by molar-refractivity contribution is 5.78. The average molecular weight is 285 g/mol. The summed E-state index contributed by atoms with van der Waals surface area (Å²) in [5.41, 5.74) is 4.10. The van der Waals surface area contributed by atoms with Crippen LogP contribution in [0.5, 0.6) is 0 Å². The molecule has 0 aromatic carbocycles. The lowest BCUT2D eigenvalue weighted by atomic mass is 10.2. The van der Waals surface area contributed by atoms with Gasteiger partial charge in [0, 0.05) is 5.39 Å². The van der Waals surface area contributed by atoms with Crippen LogP contribution in [0.3, 0.4) is 0 Å². The molecule has 3 heterocycles. The largest absolute Gasteiger partial charge is 0.249 e. The minimum atomic E-state index is 0.715. The average Bonchev–Trinajstić information content (AvgIpc) is 2.59. The van der Waals surface area contributed by atoms with Crippen molar-refractivity contribution in [3.05, 3.63) is 78.4 Å². The van der Waals surface area contributed by atoms with Crippen LogP contribution in [0.25, 0.3) is 35.3 Å². The Kier molecular flexibility index (Phi) is 3.88. The van der Waals surface area contributed by atoms with E-state index in [2.05, 4.69) is 28.1 Å². The van der Waals surface area contributed by atoms with Gasteiger partial charge in [0.25, 0.3) is 0 Å². The standard InChI is InChI=1S/C19H15N3/c1-3-15-6-5-7-17(20-15)12-13-18-11-9-14-8-10-16(4-2)21-19(14)22-18/h3-13H,1-2H2. The Labute approximate surface area is 129 Å². The molecule has 0 amide bonds. The fraction of sp³-hybridized carbons (Fsp3) is 0. The predicted octanol–water partition coefficient (Wildman–Crippen LogP) is 4.48. The van der Waals surface area contributed by atoms with E-state index < -0.39 is 0 Å². The lowest BCUT2D eigenvalue weighted by molar-refractivity contribution is 1.25. The minimum absolute atomic E-state index is 0.715. The van der Waals surface area contributed by atoms with Crippen molar-refractivity contribution in [2.24, 2.45) is 0 Å². The third-order valence-electron chi connectivity index (χ3n) is 3.23. The third kappa shape index (κ3) is 2.99. The molecule has 0 saturated heterocycles. The van der Waals surface area contributed by atoms with E-state index in [0.717, 1.165) is 28.2 Å². The molecule has 0 unspecified atom stereocenters. The Morgan fingerprint density at radius 3 is 1.91 bits per heavy atom. The Morgan fingerprint density at radius 2 is 1.18 bits per heavy atom. The first-order valence-electron chi connectivity index (χ1n) is 6.96. The van der Waals surface area contributed by atoms with Gasteiger partial charge >= 0.3 is 0 Å². The van der Waals surface area contributed by atoms with Gasteiger partial charge in [-0.3, -0.25) is 0 Å². The van der Waals surface area contributed by atoms with E-state index in [1.807, 2.05) is 54.6 Å². The monoisotopic (exact) mass is 285 g/mol. The van der Waals surface area contributed by atoms with Crippen molar-refractivity contribution in [2.75, 3.05) is 0 Å². The van der Waals surface area contributed by atoms with Gasteiger partial charge < -0.3 is 0 Å². The van der Waals surface area contributed by atoms with E-state index >= 15 is 0 Å². The van der Waals surface area contributed by atoms with Gasteiger partial charge in [0.15, 0.2) is 5.65 Å². The topological polar surface area (TPSA) is 38.7 Å². The second-order valence-electron chi connectivity index (χ2n) is 4.75. The van der Waals surface area contributed by atoms with Crippen molar-refractivity contribution in [2.45, 2.75) is 0 Å². The summed E-state index contributed by atoms with van der Waals surface area (Å²) in [4.78, 5) is 13.4. The normalized spacial score (nSPS) is 10.9. The highest BCUT2D eigenvalue weighted by Crippen LogP contribution is 2.14. The Bertz CT molecular complexity index is 879. The summed E-state index contributed by atoms with van der Waals surface area (Å²) >= 11 is 0. The number of hydrogen-bond acceptors (Lipinski definition) is 3. The zero-order chi connectivity index (χ0) is 15.4. The van der Waals surface area contributed by atoms with Crippen LogP contribution in [-0.4, -0.2) is 15.0 Å². The van der Waals surface area contributed by atoms with Crippen LogP contribution in [0, 0.1) is 0 Å². The van der Waals surface area contributed by atoms with E-state index in [1.165, 1.54) is 0 Å². The highest BCUT2D eigenvalue weighted by Gasteiger charge is 1.99. The van der Waals surface area contributed by atoms with Gasteiger partial charge in [0.1, 0.15) is 0 Å². The number of pyridine rings is 3. The SMILES string of the molecule is C=Cc1cccc(C=Cc2ccc3ccc(C=C)nc3n2)n1. The zero-order valence-corrected chi connectivity index (χ0v) is 12.1. The van der Waals surface area contributed by atoms with Crippen molar-refractivity contribution in [1.29, 1.82) is 0 Å². The number of fused-ring (bicyclic) bond motifs is 1. The van der Waals surface area contributed by atoms with Gasteiger partial charge in [-0.1, -0.05) is 19.2 Å². The lowest BCUT2D eigenvalue weighted by Crippen LogP contribution is -1.89. The van der Waals surface area contributed by atoms with E-state index in [0.29, 0.717) is 5.65 Å². The van der Waals surface area contributed by atoms with E-state index in [1.54, 1.807) is 12.2 Å². The first kappa shape index (κ1) is 13.9. The Morgan fingerprint density at radius 1 is 0.636 bits per heavy atom. The molecule has 0 saturated carbocycles. The van der Waals surface area contributed by atoms with Crippen LogP contribution >= 0.6 is 0 Å². The molecular formula is C19H15N3. The summed E-state index contributed by atoms with van der Waals surface area (Å²) in [6, 6.07) is 13.7. The molecule has 3 aromatic heterocycles. The van der Waals surface area contributed by atoms with Gasteiger partial charge in [-0.05, 0) is 60.7 Å². The number of hydrogen-bond donors (Lipinski definition) is 0. The molecule has 0 N–H and O–H groups in total. The molecule has 3 nitrogen and oxygen atoms in total. The molecule has 22 heavy (non-hydrogen) atoms. The summed E-state index contributed by atoms with van der Waals surface area (Å²) < 4.78 is 0. The van der Waals surface area contributed by atoms with Gasteiger partial charge in [-0.15, -0.1) is 0 Å². The summed E-state index contributed by atoms with van der Waals surface area (Å²) in [5.74, 6) is 0. The molecule has 0 spiro atoms. The molecule has 3 rings (SSSR count). The fourth-order valence-corrected chi connectivity index (χ4v) is 2.08. The fourth-order valence-electron chi connectivity index (χ4n) is 2.08. The second kappa shape index (κ2) is 6.14. The summed E-state index contributed by atoms with van der Waals surface area (Å²) in [6.45, 7) is 7.46. The van der Waals surface area contributed by atoms with Crippen molar-refractivity contribution in [1.82, 2.24) is 15.0 Å². The molecule has 106 valence electrons. The number of nitrogens with zero attached hydrogens (tertiary/aromatic N) is 3. The van der Waals surface area contributed by atoms with Crippen LogP contribution in [0.2, 0.25) is 0 Å². The Hall–Kier alpha value is -3.07. The third-order valence-corrected chi connectivity index (χ3v) is 3.23. The lowest BCUT2D eigenvalue weighted by Gasteiger charge is -2.00. The van der Waals surface area contributed by atoms with Crippen LogP contribution < -0.4 is 0 Å². The van der Waals surface area contributed by atoms with Crippen LogP contribution in [0.1, 0.15) is 22.8 Å². The highest BCUT2D eigenvalue weighted by atomic mass is 14.9. The molecule has 3 heteroatoms. The van der Waals surface area contributed by atoms with E-state index in [-0.39, 0.29) is 0 Å². The molecule has 0 atom stereocenters. The van der Waals surface area contributed by atoms with Gasteiger partial charge in [-0.25, -0.2) is 15.0 Å². The number of rotatable bonds is 4. The summed E-state index contributed by atoms with van der Waals surface area (Å²) in [5, 5.41) is 1.01. The van der Waals surface area contributed by atoms with Crippen molar-refractivity contribution in [3.63, 3.8) is 0 Å². The quantitative estimate of drug-likeness (QED) is 0.709.